The summed E-state index contributed by atoms with van der Waals surface area (Å²) in [6, 6.07) is 10.2. The van der Waals surface area contributed by atoms with Crippen molar-refractivity contribution in [3.63, 3.8) is 0 Å². The normalized spacial score (nSPS) is 21.4. The van der Waals surface area contributed by atoms with Gasteiger partial charge in [-0.1, -0.05) is 22.0 Å². The molecular weight excluding hydrogens is 344 g/mol. The van der Waals surface area contributed by atoms with Crippen LogP contribution in [0.4, 0.5) is 17.3 Å². The zero-order chi connectivity index (χ0) is 15.4. The summed E-state index contributed by atoms with van der Waals surface area (Å²) in [5.74, 6) is 1.57. The lowest BCUT2D eigenvalue weighted by Crippen LogP contribution is -2.28. The lowest BCUT2D eigenvalue weighted by atomic mass is 9.93. The Morgan fingerprint density at radius 1 is 1.05 bits per heavy atom. The van der Waals surface area contributed by atoms with Crippen molar-refractivity contribution < 1.29 is 5.11 Å². The van der Waals surface area contributed by atoms with Crippen LogP contribution in [0.15, 0.2) is 41.1 Å². The van der Waals surface area contributed by atoms with Gasteiger partial charge in [0.2, 0.25) is 0 Å². The third-order valence-electron chi connectivity index (χ3n) is 3.81. The zero-order valence-corrected chi connectivity index (χ0v) is 13.8. The van der Waals surface area contributed by atoms with E-state index >= 15 is 0 Å². The third-order valence-corrected chi connectivity index (χ3v) is 4.31. The Morgan fingerprint density at radius 2 is 1.82 bits per heavy atom. The Bertz CT molecular complexity index is 629. The molecular formula is C16H19BrN4O. The molecule has 0 radical (unpaired) electrons. The van der Waals surface area contributed by atoms with E-state index < -0.39 is 0 Å². The van der Waals surface area contributed by atoms with Gasteiger partial charge < -0.3 is 15.7 Å². The van der Waals surface area contributed by atoms with Crippen molar-refractivity contribution in [2.75, 3.05) is 10.6 Å². The Labute approximate surface area is 138 Å². The second-order valence-corrected chi connectivity index (χ2v) is 6.49. The average Bonchev–Trinajstić information content (AvgIpc) is 2.50. The van der Waals surface area contributed by atoms with E-state index in [0.717, 1.165) is 47.5 Å². The van der Waals surface area contributed by atoms with Crippen LogP contribution >= 0.6 is 15.9 Å². The monoisotopic (exact) mass is 362 g/mol. The SMILES string of the molecule is OC1CCC(Nc2cc(Nc3cccc(Br)c3)ncn2)CC1. The van der Waals surface area contributed by atoms with Crippen LogP contribution in [0.3, 0.4) is 0 Å². The molecule has 22 heavy (non-hydrogen) atoms. The molecule has 5 nitrogen and oxygen atoms in total. The van der Waals surface area contributed by atoms with Gasteiger partial charge in [-0.05, 0) is 43.9 Å². The fourth-order valence-electron chi connectivity index (χ4n) is 2.65. The molecule has 0 atom stereocenters. The van der Waals surface area contributed by atoms with Crippen molar-refractivity contribution in [3.8, 4) is 0 Å². The highest BCUT2D eigenvalue weighted by Gasteiger charge is 2.19. The van der Waals surface area contributed by atoms with Crippen LogP contribution in [0.1, 0.15) is 25.7 Å². The van der Waals surface area contributed by atoms with E-state index in [0.29, 0.717) is 6.04 Å². The van der Waals surface area contributed by atoms with Crippen LogP contribution in [0.25, 0.3) is 0 Å². The van der Waals surface area contributed by atoms with Gasteiger partial charge in [0.05, 0.1) is 6.10 Å². The van der Waals surface area contributed by atoms with Gasteiger partial charge in [-0.3, -0.25) is 0 Å². The average molecular weight is 363 g/mol. The molecule has 0 spiro atoms. The van der Waals surface area contributed by atoms with Crippen molar-refractivity contribution in [2.45, 2.75) is 37.8 Å². The Morgan fingerprint density at radius 3 is 2.59 bits per heavy atom. The van der Waals surface area contributed by atoms with Gasteiger partial charge in [-0.2, -0.15) is 0 Å². The maximum Gasteiger partial charge on any atom is 0.135 e. The first-order valence-electron chi connectivity index (χ1n) is 7.48. The van der Waals surface area contributed by atoms with Crippen molar-refractivity contribution >= 4 is 33.3 Å². The van der Waals surface area contributed by atoms with Crippen LogP contribution in [0.2, 0.25) is 0 Å². The summed E-state index contributed by atoms with van der Waals surface area (Å²) in [6.45, 7) is 0. The number of nitrogens with one attached hydrogen (secondary N) is 2. The van der Waals surface area contributed by atoms with Gasteiger partial charge in [0.25, 0.3) is 0 Å². The minimum atomic E-state index is -0.141. The maximum atomic E-state index is 9.56. The molecule has 1 fully saturated rings. The fourth-order valence-corrected chi connectivity index (χ4v) is 3.05. The number of aliphatic hydroxyl groups excluding tert-OH is 1. The van der Waals surface area contributed by atoms with Crippen molar-refractivity contribution in [2.24, 2.45) is 0 Å². The largest absolute Gasteiger partial charge is 0.393 e. The lowest BCUT2D eigenvalue weighted by Gasteiger charge is -2.26. The second kappa shape index (κ2) is 7.07. The van der Waals surface area contributed by atoms with Gasteiger partial charge in [-0.15, -0.1) is 0 Å². The molecule has 3 N–H and O–H groups in total. The summed E-state index contributed by atoms with van der Waals surface area (Å²) in [6.07, 6.45) is 5.06. The van der Waals surface area contributed by atoms with Crippen molar-refractivity contribution in [1.29, 1.82) is 0 Å². The predicted octanol–water partition coefficient (Wildman–Crippen LogP) is 3.70. The van der Waals surface area contributed by atoms with Crippen LogP contribution in [-0.4, -0.2) is 27.2 Å². The van der Waals surface area contributed by atoms with Crippen LogP contribution in [-0.2, 0) is 0 Å². The molecule has 1 aliphatic carbocycles. The number of benzene rings is 1. The van der Waals surface area contributed by atoms with Crippen molar-refractivity contribution in [1.82, 2.24) is 9.97 Å². The summed E-state index contributed by atoms with van der Waals surface area (Å²) < 4.78 is 1.02. The zero-order valence-electron chi connectivity index (χ0n) is 12.2. The topological polar surface area (TPSA) is 70.1 Å². The number of halogens is 1. The van der Waals surface area contributed by atoms with Gasteiger partial charge >= 0.3 is 0 Å². The lowest BCUT2D eigenvalue weighted by molar-refractivity contribution is 0.126. The number of hydrogen-bond donors (Lipinski definition) is 3. The number of rotatable bonds is 4. The first kappa shape index (κ1) is 15.2. The van der Waals surface area contributed by atoms with Crippen LogP contribution < -0.4 is 10.6 Å². The molecule has 6 heteroatoms. The Balaban J connectivity index is 1.65. The van der Waals surface area contributed by atoms with E-state index in [9.17, 15) is 5.11 Å². The first-order chi connectivity index (χ1) is 10.7. The number of aromatic nitrogens is 2. The third kappa shape index (κ3) is 4.18. The van der Waals surface area contributed by atoms with Gasteiger partial charge in [0.1, 0.15) is 18.0 Å². The summed E-state index contributed by atoms with van der Waals surface area (Å²) >= 11 is 3.46. The summed E-state index contributed by atoms with van der Waals surface area (Å²) in [4.78, 5) is 8.53. The molecule has 0 unspecified atom stereocenters. The highest BCUT2D eigenvalue weighted by Crippen LogP contribution is 2.23. The van der Waals surface area contributed by atoms with Crippen molar-refractivity contribution in [3.05, 3.63) is 41.1 Å². The minimum absolute atomic E-state index is 0.141. The smallest absolute Gasteiger partial charge is 0.135 e. The van der Waals surface area contributed by atoms with E-state index in [1.165, 1.54) is 0 Å². The van der Waals surface area contributed by atoms with E-state index in [1.54, 1.807) is 6.33 Å². The molecule has 1 aliphatic rings. The van der Waals surface area contributed by atoms with Gasteiger partial charge in [0.15, 0.2) is 0 Å². The summed E-state index contributed by atoms with van der Waals surface area (Å²) in [5.41, 5.74) is 0.972. The highest BCUT2D eigenvalue weighted by atomic mass is 79.9. The van der Waals surface area contributed by atoms with E-state index in [1.807, 2.05) is 30.3 Å². The Kier molecular flexibility index (Phi) is 4.90. The molecule has 2 aromatic rings. The molecule has 3 rings (SSSR count). The van der Waals surface area contributed by atoms with E-state index in [2.05, 4.69) is 36.5 Å². The molecule has 0 saturated heterocycles. The summed E-state index contributed by atoms with van der Waals surface area (Å²) in [5, 5.41) is 16.3. The van der Waals surface area contributed by atoms with E-state index in [4.69, 9.17) is 0 Å². The number of nitrogens with zero attached hydrogens (tertiary/aromatic N) is 2. The molecule has 0 bridgehead atoms. The molecule has 0 aliphatic heterocycles. The standard InChI is InChI=1S/C16H19BrN4O/c17-11-2-1-3-13(8-11)21-16-9-15(18-10-19-16)20-12-4-6-14(22)7-5-12/h1-3,8-10,12,14,22H,4-7H2,(H2,18,19,20,21). The van der Waals surface area contributed by atoms with E-state index in [-0.39, 0.29) is 6.10 Å². The molecule has 1 aromatic carbocycles. The minimum Gasteiger partial charge on any atom is -0.393 e. The van der Waals surface area contributed by atoms with Crippen LogP contribution in [0.5, 0.6) is 0 Å². The Hall–Kier alpha value is -1.66. The fraction of sp³-hybridized carbons (Fsp3) is 0.375. The molecule has 1 heterocycles. The first-order valence-corrected chi connectivity index (χ1v) is 8.27. The second-order valence-electron chi connectivity index (χ2n) is 5.57. The highest BCUT2D eigenvalue weighted by molar-refractivity contribution is 9.10. The maximum absolute atomic E-state index is 9.56. The van der Waals surface area contributed by atoms with Crippen LogP contribution in [0, 0.1) is 0 Å². The predicted molar refractivity (Wildman–Crippen MR) is 91.3 cm³/mol. The molecule has 116 valence electrons. The quantitative estimate of drug-likeness (QED) is 0.773. The number of aliphatic hydroxyl groups is 1. The molecule has 0 amide bonds. The van der Waals surface area contributed by atoms with Gasteiger partial charge in [-0.25, -0.2) is 9.97 Å². The molecule has 1 aromatic heterocycles. The molecule has 1 saturated carbocycles. The summed E-state index contributed by atoms with van der Waals surface area (Å²) in [7, 11) is 0. The number of hydrogen-bond acceptors (Lipinski definition) is 5. The number of anilines is 3. The van der Waals surface area contributed by atoms with Gasteiger partial charge in [0, 0.05) is 22.3 Å².